The largest absolute Gasteiger partial charge is 0.465 e. The third kappa shape index (κ3) is 4.20. The van der Waals surface area contributed by atoms with Crippen molar-refractivity contribution in [3.63, 3.8) is 0 Å². The van der Waals surface area contributed by atoms with Crippen LogP contribution in [0.1, 0.15) is 29.7 Å². The summed E-state index contributed by atoms with van der Waals surface area (Å²) >= 11 is 2.22. The van der Waals surface area contributed by atoms with E-state index < -0.39 is 5.97 Å². The van der Waals surface area contributed by atoms with Crippen molar-refractivity contribution >= 4 is 40.9 Å². The van der Waals surface area contributed by atoms with E-state index in [4.69, 9.17) is 0 Å². The number of esters is 1. The number of hydrogen-bond donors (Lipinski definition) is 0. The number of methoxy groups -OCH3 is 1. The third-order valence-electron chi connectivity index (χ3n) is 3.03. The second kappa shape index (κ2) is 7.94. The first kappa shape index (κ1) is 17.2. The molecular weight excluding hydrogens is 334 g/mol. The lowest BCUT2D eigenvalue weighted by atomic mass is 10.1. The molecular formula is C16H15NO4S2. The van der Waals surface area contributed by atoms with Crippen molar-refractivity contribution < 1.29 is 19.1 Å². The van der Waals surface area contributed by atoms with Crippen LogP contribution in [0.5, 0.6) is 0 Å². The number of thiophene rings is 1. The number of rotatable bonds is 6. The zero-order valence-corrected chi connectivity index (χ0v) is 14.3. The van der Waals surface area contributed by atoms with E-state index >= 15 is 0 Å². The Labute approximate surface area is 142 Å². The number of amides is 1. The Morgan fingerprint density at radius 2 is 1.74 bits per heavy atom. The van der Waals surface area contributed by atoms with Crippen LogP contribution >= 0.6 is 23.3 Å². The summed E-state index contributed by atoms with van der Waals surface area (Å²) in [4.78, 5) is 36.9. The Morgan fingerprint density at radius 1 is 1.09 bits per heavy atom. The highest BCUT2D eigenvalue weighted by Gasteiger charge is 2.22. The molecule has 0 spiro atoms. The van der Waals surface area contributed by atoms with Crippen LogP contribution in [0.2, 0.25) is 0 Å². The molecule has 1 aromatic carbocycles. The highest BCUT2D eigenvalue weighted by Crippen LogP contribution is 2.22. The Kier molecular flexibility index (Phi) is 5.95. The molecule has 1 aromatic heterocycles. The number of carbonyl (C=O) groups excluding carboxylic acids is 3. The Hall–Kier alpha value is -2.12. The predicted molar refractivity (Wildman–Crippen MR) is 91.0 cm³/mol. The number of nitrogens with zero attached hydrogens (tertiary/aromatic N) is 1. The average Bonchev–Trinajstić information content (AvgIpc) is 3.09. The SMILES string of the molecule is COC(=O)c1ccc(C(=O)N(CC(=O)c2ccccc2)SC)s1. The summed E-state index contributed by atoms with van der Waals surface area (Å²) in [5.41, 5.74) is 0.556. The van der Waals surface area contributed by atoms with Crippen LogP contribution in [-0.2, 0) is 4.74 Å². The van der Waals surface area contributed by atoms with Crippen LogP contribution in [0, 0.1) is 0 Å². The zero-order chi connectivity index (χ0) is 16.8. The molecule has 1 amide bonds. The van der Waals surface area contributed by atoms with Crippen molar-refractivity contribution in [2.45, 2.75) is 0 Å². The molecule has 0 saturated heterocycles. The Bertz CT molecular complexity index is 712. The minimum atomic E-state index is -0.481. The molecule has 0 fully saturated rings. The van der Waals surface area contributed by atoms with Crippen molar-refractivity contribution in [1.29, 1.82) is 0 Å². The molecule has 0 aliphatic carbocycles. The molecule has 0 aliphatic heterocycles. The second-order valence-corrected chi connectivity index (χ2v) is 6.36. The summed E-state index contributed by atoms with van der Waals surface area (Å²) in [5.74, 6) is -0.926. The first-order valence-corrected chi connectivity index (χ1v) is 8.69. The van der Waals surface area contributed by atoms with Crippen LogP contribution < -0.4 is 0 Å². The number of ketones is 1. The van der Waals surface area contributed by atoms with Gasteiger partial charge in [-0.15, -0.1) is 11.3 Å². The maximum absolute atomic E-state index is 12.5. The van der Waals surface area contributed by atoms with Gasteiger partial charge >= 0.3 is 5.97 Å². The van der Waals surface area contributed by atoms with Gasteiger partial charge in [0.05, 0.1) is 18.5 Å². The minimum Gasteiger partial charge on any atom is -0.465 e. The molecule has 0 bridgehead atoms. The van der Waals surface area contributed by atoms with Gasteiger partial charge in [-0.3, -0.25) is 13.9 Å². The van der Waals surface area contributed by atoms with Gasteiger partial charge in [0.1, 0.15) is 4.88 Å². The standard InChI is InChI=1S/C16H15NO4S2/c1-21-16(20)14-9-8-13(23-14)15(19)17(22-2)10-12(18)11-6-4-3-5-7-11/h3-9H,10H2,1-2H3. The van der Waals surface area contributed by atoms with Gasteiger partial charge in [0.25, 0.3) is 5.91 Å². The molecule has 0 atom stereocenters. The number of Topliss-reactive ketones (excluding diaryl/α,β-unsaturated/α-hetero) is 1. The summed E-state index contributed by atoms with van der Waals surface area (Å²) < 4.78 is 6.00. The fourth-order valence-corrected chi connectivity index (χ4v) is 3.29. The molecule has 1 heterocycles. The van der Waals surface area contributed by atoms with Crippen molar-refractivity contribution in [2.75, 3.05) is 19.9 Å². The van der Waals surface area contributed by atoms with Crippen LogP contribution in [0.4, 0.5) is 0 Å². The highest BCUT2D eigenvalue weighted by atomic mass is 32.2. The number of carbonyl (C=O) groups is 3. The monoisotopic (exact) mass is 349 g/mol. The molecule has 23 heavy (non-hydrogen) atoms. The van der Waals surface area contributed by atoms with Crippen LogP contribution in [0.15, 0.2) is 42.5 Å². The Balaban J connectivity index is 2.11. The van der Waals surface area contributed by atoms with Gasteiger partial charge in [0.2, 0.25) is 0 Å². The topological polar surface area (TPSA) is 63.7 Å². The first-order chi connectivity index (χ1) is 11.1. The van der Waals surface area contributed by atoms with E-state index in [0.717, 1.165) is 11.3 Å². The zero-order valence-electron chi connectivity index (χ0n) is 12.6. The smallest absolute Gasteiger partial charge is 0.348 e. The van der Waals surface area contributed by atoms with Gasteiger partial charge in [-0.05, 0) is 12.1 Å². The fraction of sp³-hybridized carbons (Fsp3) is 0.188. The predicted octanol–water partition coefficient (Wildman–Crippen LogP) is 3.14. The minimum absolute atomic E-state index is 0.0323. The van der Waals surface area contributed by atoms with Gasteiger partial charge in [-0.1, -0.05) is 42.3 Å². The molecule has 5 nitrogen and oxygen atoms in total. The summed E-state index contributed by atoms with van der Waals surface area (Å²) in [6.07, 6.45) is 1.73. The van der Waals surface area contributed by atoms with Crippen molar-refractivity contribution in [3.8, 4) is 0 Å². The van der Waals surface area contributed by atoms with Gasteiger partial charge in [0.15, 0.2) is 5.78 Å². The lowest BCUT2D eigenvalue weighted by molar-refractivity contribution is 0.0606. The number of ether oxygens (including phenoxy) is 1. The maximum atomic E-state index is 12.5. The van der Waals surface area contributed by atoms with Gasteiger partial charge in [0, 0.05) is 11.8 Å². The molecule has 0 saturated carbocycles. The second-order valence-electron chi connectivity index (χ2n) is 4.47. The molecule has 0 radical (unpaired) electrons. The summed E-state index contributed by atoms with van der Waals surface area (Å²) in [5, 5.41) is 0. The summed E-state index contributed by atoms with van der Waals surface area (Å²) in [6, 6.07) is 11.9. The molecule has 2 aromatic rings. The number of benzene rings is 1. The molecule has 0 unspecified atom stereocenters. The molecule has 2 rings (SSSR count). The fourth-order valence-electron chi connectivity index (χ4n) is 1.85. The van der Waals surface area contributed by atoms with Crippen molar-refractivity contribution in [2.24, 2.45) is 0 Å². The molecule has 0 aliphatic rings. The lowest BCUT2D eigenvalue weighted by Gasteiger charge is -2.17. The van der Waals surface area contributed by atoms with E-state index in [0.29, 0.717) is 15.3 Å². The van der Waals surface area contributed by atoms with E-state index in [2.05, 4.69) is 4.74 Å². The quantitative estimate of drug-likeness (QED) is 0.455. The molecule has 7 heteroatoms. The van der Waals surface area contributed by atoms with E-state index in [1.54, 1.807) is 42.7 Å². The van der Waals surface area contributed by atoms with Crippen LogP contribution in [-0.4, -0.2) is 41.9 Å². The first-order valence-electron chi connectivity index (χ1n) is 6.69. The lowest BCUT2D eigenvalue weighted by Crippen LogP contribution is -2.29. The molecule has 0 N–H and O–H groups in total. The highest BCUT2D eigenvalue weighted by molar-refractivity contribution is 7.96. The average molecular weight is 349 g/mol. The van der Waals surface area contributed by atoms with Crippen LogP contribution in [0.25, 0.3) is 0 Å². The van der Waals surface area contributed by atoms with Crippen LogP contribution in [0.3, 0.4) is 0 Å². The molecule has 120 valence electrons. The summed E-state index contributed by atoms with van der Waals surface area (Å²) in [7, 11) is 1.29. The van der Waals surface area contributed by atoms with E-state index in [1.807, 2.05) is 6.07 Å². The van der Waals surface area contributed by atoms with Gasteiger partial charge in [-0.25, -0.2) is 4.79 Å². The number of hydrogen-bond acceptors (Lipinski definition) is 6. The van der Waals surface area contributed by atoms with E-state index in [1.165, 1.54) is 23.4 Å². The Morgan fingerprint density at radius 3 is 2.35 bits per heavy atom. The summed E-state index contributed by atoms with van der Waals surface area (Å²) in [6.45, 7) is -0.0323. The van der Waals surface area contributed by atoms with E-state index in [-0.39, 0.29) is 18.2 Å². The van der Waals surface area contributed by atoms with Gasteiger partial charge < -0.3 is 4.74 Å². The van der Waals surface area contributed by atoms with Gasteiger partial charge in [-0.2, -0.15) is 0 Å². The van der Waals surface area contributed by atoms with Crippen molar-refractivity contribution in [3.05, 3.63) is 57.8 Å². The third-order valence-corrected chi connectivity index (χ3v) is 4.82. The van der Waals surface area contributed by atoms with Crippen molar-refractivity contribution in [1.82, 2.24) is 4.31 Å². The van der Waals surface area contributed by atoms with E-state index in [9.17, 15) is 14.4 Å². The normalized spacial score (nSPS) is 10.2. The maximum Gasteiger partial charge on any atom is 0.348 e.